The standard InChI is InChI=1S/C16H19N5O2S/c1-6-7(2)10(12-9(4)18-14(17)19-12)13-11(8(6)3)20-15(24-13)21-16(22)23-5/h1-5H3,(H3,17,18,19)(H,20,21,22). The Morgan fingerprint density at radius 2 is 1.88 bits per heavy atom. The van der Waals surface area contributed by atoms with Crippen molar-refractivity contribution in [3.63, 3.8) is 0 Å². The molecule has 0 saturated heterocycles. The lowest BCUT2D eigenvalue weighted by molar-refractivity contribution is 0.187. The second-order valence-electron chi connectivity index (χ2n) is 5.66. The average Bonchev–Trinajstić information content (AvgIpc) is 3.09. The normalized spacial score (nSPS) is 11.0. The Balaban J connectivity index is 2.31. The molecule has 0 saturated carbocycles. The zero-order valence-electron chi connectivity index (χ0n) is 14.2. The highest BCUT2D eigenvalue weighted by molar-refractivity contribution is 7.23. The number of carbonyl (C=O) groups is 1. The number of amides is 1. The molecule has 0 unspecified atom stereocenters. The van der Waals surface area contributed by atoms with Gasteiger partial charge >= 0.3 is 6.09 Å². The van der Waals surface area contributed by atoms with Crippen molar-refractivity contribution in [1.29, 1.82) is 0 Å². The molecule has 0 aliphatic carbocycles. The summed E-state index contributed by atoms with van der Waals surface area (Å²) in [4.78, 5) is 23.5. The topological polar surface area (TPSA) is 106 Å². The van der Waals surface area contributed by atoms with Gasteiger partial charge in [0, 0.05) is 11.3 Å². The number of ether oxygens (including phenoxy) is 1. The Morgan fingerprint density at radius 1 is 1.17 bits per heavy atom. The van der Waals surface area contributed by atoms with Crippen LogP contribution >= 0.6 is 11.3 Å². The number of thiazole rings is 1. The quantitative estimate of drug-likeness (QED) is 0.657. The van der Waals surface area contributed by atoms with Crippen molar-refractivity contribution in [3.8, 4) is 11.3 Å². The number of fused-ring (bicyclic) bond motifs is 1. The number of methoxy groups -OCH3 is 1. The molecule has 126 valence electrons. The largest absolute Gasteiger partial charge is 0.453 e. The molecule has 0 fully saturated rings. The number of H-pyrrole nitrogens is 1. The fourth-order valence-electron chi connectivity index (χ4n) is 2.76. The average molecular weight is 345 g/mol. The summed E-state index contributed by atoms with van der Waals surface area (Å²) in [5.41, 5.74) is 12.7. The SMILES string of the molecule is COC(=O)Nc1nc2c(C)c(C)c(C)c(-c3nc(N)[nH]c3C)c2s1. The van der Waals surface area contributed by atoms with Crippen LogP contribution in [0.2, 0.25) is 0 Å². The fraction of sp³-hybridized carbons (Fsp3) is 0.312. The number of nitrogen functional groups attached to an aromatic ring is 1. The van der Waals surface area contributed by atoms with E-state index in [1.54, 1.807) is 0 Å². The number of carbonyl (C=O) groups excluding carboxylic acids is 1. The summed E-state index contributed by atoms with van der Waals surface area (Å²) in [6, 6.07) is 0. The molecule has 1 aromatic carbocycles. The Labute approximate surface area is 143 Å². The first-order valence-corrected chi connectivity index (χ1v) is 8.22. The molecule has 3 aromatic rings. The Morgan fingerprint density at radius 3 is 2.46 bits per heavy atom. The molecule has 0 aliphatic rings. The first-order chi connectivity index (χ1) is 11.3. The maximum absolute atomic E-state index is 11.5. The molecule has 0 spiro atoms. The number of aromatic amines is 1. The van der Waals surface area contributed by atoms with Crippen molar-refractivity contribution in [2.24, 2.45) is 0 Å². The molecular weight excluding hydrogens is 326 g/mol. The van der Waals surface area contributed by atoms with E-state index >= 15 is 0 Å². The van der Waals surface area contributed by atoms with Crippen LogP contribution in [0.15, 0.2) is 0 Å². The van der Waals surface area contributed by atoms with E-state index in [-0.39, 0.29) is 0 Å². The maximum Gasteiger partial charge on any atom is 0.413 e. The first-order valence-electron chi connectivity index (χ1n) is 7.41. The highest BCUT2D eigenvalue weighted by atomic mass is 32.1. The zero-order chi connectivity index (χ0) is 17.6. The number of nitrogens with one attached hydrogen (secondary N) is 2. The van der Waals surface area contributed by atoms with Crippen LogP contribution in [-0.2, 0) is 4.74 Å². The molecule has 0 bridgehead atoms. The first kappa shape index (κ1) is 16.3. The Hall–Kier alpha value is -2.61. The second-order valence-corrected chi connectivity index (χ2v) is 6.66. The van der Waals surface area contributed by atoms with E-state index in [4.69, 9.17) is 5.73 Å². The van der Waals surface area contributed by atoms with Gasteiger partial charge in [0.1, 0.15) is 0 Å². The number of aryl methyl sites for hydroxylation is 2. The van der Waals surface area contributed by atoms with E-state index < -0.39 is 6.09 Å². The van der Waals surface area contributed by atoms with Crippen molar-refractivity contribution in [3.05, 3.63) is 22.4 Å². The Kier molecular flexibility index (Phi) is 3.92. The molecule has 0 atom stereocenters. The highest BCUT2D eigenvalue weighted by Crippen LogP contribution is 2.41. The highest BCUT2D eigenvalue weighted by Gasteiger charge is 2.21. The van der Waals surface area contributed by atoms with E-state index in [1.807, 2.05) is 13.8 Å². The minimum absolute atomic E-state index is 0.380. The van der Waals surface area contributed by atoms with Crippen LogP contribution in [0.5, 0.6) is 0 Å². The van der Waals surface area contributed by atoms with Crippen molar-refractivity contribution in [2.45, 2.75) is 27.7 Å². The maximum atomic E-state index is 11.5. The van der Waals surface area contributed by atoms with Gasteiger partial charge < -0.3 is 15.5 Å². The van der Waals surface area contributed by atoms with Crippen molar-refractivity contribution in [1.82, 2.24) is 15.0 Å². The minimum Gasteiger partial charge on any atom is -0.453 e. The fourth-order valence-corrected chi connectivity index (χ4v) is 3.88. The summed E-state index contributed by atoms with van der Waals surface area (Å²) in [5, 5.41) is 3.13. The Bertz CT molecular complexity index is 957. The van der Waals surface area contributed by atoms with Gasteiger partial charge in [-0.25, -0.2) is 14.8 Å². The zero-order valence-corrected chi connectivity index (χ0v) is 15.0. The predicted octanol–water partition coefficient (Wildman–Crippen LogP) is 3.68. The molecule has 3 rings (SSSR count). The van der Waals surface area contributed by atoms with Crippen LogP contribution in [0.1, 0.15) is 22.4 Å². The third kappa shape index (κ3) is 2.48. The number of hydrogen-bond acceptors (Lipinski definition) is 6. The number of benzene rings is 1. The molecule has 1 amide bonds. The minimum atomic E-state index is -0.540. The summed E-state index contributed by atoms with van der Waals surface area (Å²) in [5.74, 6) is 0.380. The number of hydrogen-bond donors (Lipinski definition) is 3. The molecule has 4 N–H and O–H groups in total. The molecule has 2 aromatic heterocycles. The van der Waals surface area contributed by atoms with E-state index in [2.05, 4.69) is 38.9 Å². The summed E-state index contributed by atoms with van der Waals surface area (Å²) in [6.07, 6.45) is -0.540. The van der Waals surface area contributed by atoms with Gasteiger partial charge in [-0.05, 0) is 44.4 Å². The predicted molar refractivity (Wildman–Crippen MR) is 96.6 cm³/mol. The van der Waals surface area contributed by atoms with Gasteiger partial charge in [-0.15, -0.1) is 0 Å². The van der Waals surface area contributed by atoms with Gasteiger partial charge in [0.15, 0.2) is 11.1 Å². The van der Waals surface area contributed by atoms with Gasteiger partial charge in [0.25, 0.3) is 0 Å². The lowest BCUT2D eigenvalue weighted by Gasteiger charge is -2.12. The summed E-state index contributed by atoms with van der Waals surface area (Å²) >= 11 is 1.40. The van der Waals surface area contributed by atoms with Crippen LogP contribution in [0.3, 0.4) is 0 Å². The molecule has 0 aliphatic heterocycles. The van der Waals surface area contributed by atoms with Crippen molar-refractivity contribution < 1.29 is 9.53 Å². The van der Waals surface area contributed by atoms with Crippen LogP contribution in [-0.4, -0.2) is 28.2 Å². The van der Waals surface area contributed by atoms with Gasteiger partial charge in [0.05, 0.1) is 23.0 Å². The summed E-state index contributed by atoms with van der Waals surface area (Å²) in [6.45, 7) is 8.09. The molecular formula is C16H19N5O2S. The van der Waals surface area contributed by atoms with E-state index in [0.29, 0.717) is 11.1 Å². The summed E-state index contributed by atoms with van der Waals surface area (Å²) < 4.78 is 5.62. The number of nitrogens with zero attached hydrogens (tertiary/aromatic N) is 2. The molecule has 0 radical (unpaired) electrons. The third-order valence-corrected chi connectivity index (χ3v) is 5.23. The number of imidazole rings is 1. The number of anilines is 2. The van der Waals surface area contributed by atoms with Gasteiger partial charge in [0.2, 0.25) is 0 Å². The van der Waals surface area contributed by atoms with E-state index in [0.717, 1.165) is 43.9 Å². The molecule has 8 heteroatoms. The van der Waals surface area contributed by atoms with Crippen molar-refractivity contribution in [2.75, 3.05) is 18.2 Å². The molecule has 24 heavy (non-hydrogen) atoms. The molecule has 2 heterocycles. The lowest BCUT2D eigenvalue weighted by atomic mass is 9.95. The smallest absolute Gasteiger partial charge is 0.413 e. The van der Waals surface area contributed by atoms with Crippen LogP contribution in [0, 0.1) is 27.7 Å². The van der Waals surface area contributed by atoms with Gasteiger partial charge in [-0.3, -0.25) is 5.32 Å². The van der Waals surface area contributed by atoms with Gasteiger partial charge in [-0.2, -0.15) is 0 Å². The lowest BCUT2D eigenvalue weighted by Crippen LogP contribution is -2.10. The van der Waals surface area contributed by atoms with E-state index in [9.17, 15) is 4.79 Å². The monoisotopic (exact) mass is 345 g/mol. The number of rotatable bonds is 2. The second kappa shape index (κ2) is 5.79. The molecule has 7 nitrogen and oxygen atoms in total. The summed E-state index contributed by atoms with van der Waals surface area (Å²) in [7, 11) is 1.32. The van der Waals surface area contributed by atoms with Crippen molar-refractivity contribution >= 4 is 38.7 Å². The van der Waals surface area contributed by atoms with Crippen LogP contribution in [0.4, 0.5) is 15.9 Å². The van der Waals surface area contributed by atoms with Crippen LogP contribution < -0.4 is 11.1 Å². The third-order valence-electron chi connectivity index (χ3n) is 4.24. The van der Waals surface area contributed by atoms with E-state index in [1.165, 1.54) is 18.4 Å². The number of aromatic nitrogens is 3. The van der Waals surface area contributed by atoms with Gasteiger partial charge in [-0.1, -0.05) is 11.3 Å². The number of nitrogens with two attached hydrogens (primary N) is 1. The van der Waals surface area contributed by atoms with Crippen LogP contribution in [0.25, 0.3) is 21.5 Å².